The Balaban J connectivity index is 0.00000744. The SMILES string of the molecule is CC[C@@H](C(=O)[C@@H](C)[C@@H](O)[C@H](C)[C@@H]1O[C@@H]([C@@H](CC)C(=O)[O-])CC[C@@H]1C)[C@H]1O[C@]2(C=C[C@H](N(CC)CC)[C@]3(CC[C@@](C)([C@H]4CC[C@](O)(CC)[C@H](C)O4)O3)O2)[C@H](C)C[C@@H]1C.[Na+]. The summed E-state index contributed by atoms with van der Waals surface area (Å²) in [5, 5.41) is 34.9. The molecule has 0 radical (unpaired) electrons. The van der Waals surface area contributed by atoms with E-state index in [2.05, 4.69) is 58.6 Å². The van der Waals surface area contributed by atoms with E-state index in [0.29, 0.717) is 44.9 Å². The first-order chi connectivity index (χ1) is 26.8. The summed E-state index contributed by atoms with van der Waals surface area (Å²) in [7, 11) is 0. The van der Waals surface area contributed by atoms with Gasteiger partial charge in [-0.05, 0) is 103 Å². The Labute approximate surface area is 372 Å². The number of ketones is 1. The predicted octanol–water partition coefficient (Wildman–Crippen LogP) is 3.21. The van der Waals surface area contributed by atoms with E-state index >= 15 is 0 Å². The molecule has 0 saturated carbocycles. The summed E-state index contributed by atoms with van der Waals surface area (Å²) in [6, 6.07) is -0.161. The van der Waals surface area contributed by atoms with Crippen LogP contribution in [0.25, 0.3) is 0 Å². The van der Waals surface area contributed by atoms with Crippen LogP contribution in [-0.2, 0) is 33.3 Å². The van der Waals surface area contributed by atoms with E-state index in [0.717, 1.165) is 32.4 Å². The first kappa shape index (κ1) is 50.2. The predicted molar refractivity (Wildman–Crippen MR) is 217 cm³/mol. The van der Waals surface area contributed by atoms with Crippen molar-refractivity contribution in [1.29, 1.82) is 0 Å². The van der Waals surface area contributed by atoms with E-state index < -0.39 is 70.7 Å². The number of nitrogens with zero attached hydrogens (tertiary/aromatic N) is 1. The van der Waals surface area contributed by atoms with Crippen molar-refractivity contribution in [3.63, 3.8) is 0 Å². The average Bonchev–Trinajstić information content (AvgIpc) is 3.52. The van der Waals surface area contributed by atoms with Gasteiger partial charge in [-0.25, -0.2) is 0 Å². The second kappa shape index (κ2) is 19.9. The van der Waals surface area contributed by atoms with Gasteiger partial charge in [0.1, 0.15) is 5.78 Å². The molecule has 2 N–H and O–H groups in total. The van der Waals surface area contributed by atoms with Gasteiger partial charge < -0.3 is 43.8 Å². The van der Waals surface area contributed by atoms with Crippen LogP contribution < -0.4 is 34.7 Å². The minimum atomic E-state index is -1.13. The Morgan fingerprint density at radius 3 is 2.10 bits per heavy atom. The fraction of sp³-hybridized carbons (Fsp3) is 0.913. The molecule has 0 bridgehead atoms. The molecule has 5 rings (SSSR count). The molecule has 5 heterocycles. The number of aliphatic carboxylic acids is 1. The van der Waals surface area contributed by atoms with Gasteiger partial charge in [0.25, 0.3) is 0 Å². The summed E-state index contributed by atoms with van der Waals surface area (Å²) in [4.78, 5) is 28.9. The van der Waals surface area contributed by atoms with Crippen molar-refractivity contribution < 1.29 is 78.2 Å². The van der Waals surface area contributed by atoms with E-state index in [-0.39, 0.29) is 77.4 Å². The molecule has 328 valence electrons. The molecule has 0 amide bonds. The molecule has 58 heavy (non-hydrogen) atoms. The van der Waals surface area contributed by atoms with E-state index in [1.54, 1.807) is 0 Å². The molecule has 0 aromatic heterocycles. The molecular formula is C46H78NNaO10. The molecular weight excluding hydrogens is 749 g/mol. The van der Waals surface area contributed by atoms with Gasteiger partial charge in [0, 0.05) is 42.0 Å². The minimum Gasteiger partial charge on any atom is -0.550 e. The number of ether oxygens (including phenoxy) is 5. The Hall–Kier alpha value is -0.440. The molecule has 2 spiro atoms. The van der Waals surface area contributed by atoms with Gasteiger partial charge in [0.2, 0.25) is 0 Å². The number of rotatable bonds is 15. The van der Waals surface area contributed by atoms with Gasteiger partial charge in [-0.1, -0.05) is 75.3 Å². The van der Waals surface area contributed by atoms with Crippen LogP contribution in [0, 0.1) is 41.4 Å². The van der Waals surface area contributed by atoms with Crippen LogP contribution >= 0.6 is 0 Å². The van der Waals surface area contributed by atoms with Gasteiger partial charge in [0.15, 0.2) is 11.6 Å². The van der Waals surface area contributed by atoms with E-state index in [1.165, 1.54) is 0 Å². The van der Waals surface area contributed by atoms with Gasteiger partial charge >= 0.3 is 29.6 Å². The summed E-state index contributed by atoms with van der Waals surface area (Å²) in [6.07, 6.45) is 7.96. The Bertz CT molecular complexity index is 1410. The maximum Gasteiger partial charge on any atom is 1.00 e. The zero-order chi connectivity index (χ0) is 42.2. The number of aliphatic hydroxyl groups excluding tert-OH is 1. The summed E-state index contributed by atoms with van der Waals surface area (Å²) in [6.45, 7) is 26.0. The van der Waals surface area contributed by atoms with Crippen molar-refractivity contribution in [2.75, 3.05) is 13.1 Å². The summed E-state index contributed by atoms with van der Waals surface area (Å²) < 4.78 is 34.9. The van der Waals surface area contributed by atoms with Crippen molar-refractivity contribution in [2.24, 2.45) is 41.4 Å². The number of likely N-dealkylation sites (N-methyl/N-ethyl adjacent to an activating group) is 1. The molecule has 0 aromatic rings. The second-order valence-corrected chi connectivity index (χ2v) is 19.1. The smallest absolute Gasteiger partial charge is 0.550 e. The Morgan fingerprint density at radius 2 is 1.53 bits per heavy atom. The molecule has 18 atom stereocenters. The van der Waals surface area contributed by atoms with Crippen molar-refractivity contribution in [1.82, 2.24) is 4.90 Å². The van der Waals surface area contributed by atoms with Crippen molar-refractivity contribution in [3.8, 4) is 0 Å². The maximum absolute atomic E-state index is 14.6. The summed E-state index contributed by atoms with van der Waals surface area (Å²) >= 11 is 0. The number of aliphatic hydroxyl groups is 2. The third-order valence-corrected chi connectivity index (χ3v) is 15.6. The van der Waals surface area contributed by atoms with E-state index in [4.69, 9.17) is 23.7 Å². The number of carboxylic acid groups (broad SMARTS) is 1. The van der Waals surface area contributed by atoms with Gasteiger partial charge in [0.05, 0.1) is 53.9 Å². The minimum absolute atomic E-state index is 0. The third kappa shape index (κ3) is 9.56. The number of hydrogen-bond acceptors (Lipinski definition) is 11. The summed E-state index contributed by atoms with van der Waals surface area (Å²) in [5.41, 5.74) is -1.49. The number of Topliss-reactive ketones (excluding diaryl/α,β-unsaturated/α-hetero) is 1. The zero-order valence-electron chi connectivity index (χ0n) is 38.3. The van der Waals surface area contributed by atoms with Crippen LogP contribution in [0.15, 0.2) is 12.2 Å². The molecule has 4 fully saturated rings. The second-order valence-electron chi connectivity index (χ2n) is 19.1. The van der Waals surface area contributed by atoms with Crippen LogP contribution in [0.5, 0.6) is 0 Å². The standard InChI is InChI=1S/C46H79NO10.Na/c1-13-33(42(50)51)35-19-18-27(6)40(54-35)31(10)38(48)30(9)39(49)34(14-2)41-28(7)26-29(8)45(55-41)23-20-36(47(16-4)17-5)46(57-45)25-24-43(12,56-46)37-21-22-44(52,15-3)32(11)53-37;/h20,23,27-38,40-41,48,52H,13-19,21-22,24-26H2,1-12H3,(H,50,51);/q;+1/p-1/t27-,28-,29+,30-,31-,32-,33+,34-,35+,36-,37+,38+,40+,41-,43-,44+,45-,46-;/m0./s1. The molecule has 0 aromatic carbocycles. The Kier molecular flexibility index (Phi) is 17.3. The van der Waals surface area contributed by atoms with Crippen molar-refractivity contribution >= 4 is 11.8 Å². The van der Waals surface area contributed by atoms with Gasteiger partial charge in [-0.3, -0.25) is 9.69 Å². The van der Waals surface area contributed by atoms with Crippen LogP contribution in [0.4, 0.5) is 0 Å². The van der Waals surface area contributed by atoms with Crippen molar-refractivity contribution in [3.05, 3.63) is 12.2 Å². The molecule has 4 saturated heterocycles. The number of hydrogen-bond donors (Lipinski definition) is 2. The van der Waals surface area contributed by atoms with Crippen LogP contribution in [0.1, 0.15) is 147 Å². The molecule has 12 heteroatoms. The zero-order valence-corrected chi connectivity index (χ0v) is 40.3. The van der Waals surface area contributed by atoms with Gasteiger partial charge in [-0.15, -0.1) is 0 Å². The first-order valence-corrected chi connectivity index (χ1v) is 22.8. The fourth-order valence-electron chi connectivity index (χ4n) is 11.5. The molecule has 5 aliphatic heterocycles. The topological polar surface area (TPSA) is 147 Å². The van der Waals surface area contributed by atoms with E-state index in [9.17, 15) is 24.9 Å². The quantitative estimate of drug-likeness (QED) is 0.186. The number of carbonyl (C=O) groups is 2. The average molecular weight is 828 g/mol. The number of carbonyl (C=O) groups excluding carboxylic acids is 2. The van der Waals surface area contributed by atoms with Crippen LogP contribution in [0.2, 0.25) is 0 Å². The monoisotopic (exact) mass is 828 g/mol. The molecule has 11 nitrogen and oxygen atoms in total. The molecule has 0 aliphatic carbocycles. The largest absolute Gasteiger partial charge is 1.00 e. The van der Waals surface area contributed by atoms with E-state index in [1.807, 2.05) is 41.5 Å². The van der Waals surface area contributed by atoms with Crippen molar-refractivity contribution in [2.45, 2.75) is 213 Å². The fourth-order valence-corrected chi connectivity index (χ4v) is 11.5. The Morgan fingerprint density at radius 1 is 0.879 bits per heavy atom. The molecule has 0 unspecified atom stereocenters. The maximum atomic E-state index is 14.6. The third-order valence-electron chi connectivity index (χ3n) is 15.6. The molecule has 5 aliphatic rings. The summed E-state index contributed by atoms with van der Waals surface area (Å²) in [5.74, 6) is -5.46. The normalized spacial score (nSPS) is 43.1. The van der Waals surface area contributed by atoms with Crippen LogP contribution in [0.3, 0.4) is 0 Å². The first-order valence-electron chi connectivity index (χ1n) is 22.8. The number of carboxylic acids is 1. The van der Waals surface area contributed by atoms with Crippen LogP contribution in [-0.4, -0.2) is 105 Å². The van der Waals surface area contributed by atoms with Gasteiger partial charge in [-0.2, -0.15) is 0 Å².